The van der Waals surface area contributed by atoms with Crippen LogP contribution in [0.3, 0.4) is 0 Å². The van der Waals surface area contributed by atoms with E-state index >= 15 is 0 Å². The maximum atomic E-state index is 12.3. The van der Waals surface area contributed by atoms with E-state index in [9.17, 15) is 9.59 Å². The summed E-state index contributed by atoms with van der Waals surface area (Å²) >= 11 is 13.1. The number of nitrogens with one attached hydrogen (secondary N) is 1. The molecular weight excluding hydrogens is 395 g/mol. The highest BCUT2D eigenvalue weighted by molar-refractivity contribution is 8.13. The molecule has 0 bridgehead atoms. The standard InChI is InChI=1S/C18H18Cl2N2O3S/c1-11(25-15-6-4-5-14(19)16(15)20)17(23)21-12-7-9-13(10-8-12)26-18(24)22(2)3/h4-11H,1-3H3,(H,21,23). The summed E-state index contributed by atoms with van der Waals surface area (Å²) < 4.78 is 5.58. The normalized spacial score (nSPS) is 11.6. The van der Waals surface area contributed by atoms with E-state index in [1.807, 2.05) is 0 Å². The van der Waals surface area contributed by atoms with Gasteiger partial charge in [0.2, 0.25) is 0 Å². The van der Waals surface area contributed by atoms with Crippen LogP contribution in [0.5, 0.6) is 5.75 Å². The zero-order chi connectivity index (χ0) is 19.3. The molecule has 8 heteroatoms. The first-order valence-electron chi connectivity index (χ1n) is 7.68. The highest BCUT2D eigenvalue weighted by Gasteiger charge is 2.17. The van der Waals surface area contributed by atoms with Crippen molar-refractivity contribution in [3.8, 4) is 5.75 Å². The van der Waals surface area contributed by atoms with Crippen LogP contribution in [-0.2, 0) is 4.79 Å². The number of thioether (sulfide) groups is 1. The topological polar surface area (TPSA) is 58.6 Å². The molecule has 5 nitrogen and oxygen atoms in total. The molecule has 0 heterocycles. The van der Waals surface area contributed by atoms with E-state index in [1.165, 1.54) is 4.90 Å². The van der Waals surface area contributed by atoms with Crippen LogP contribution in [0.25, 0.3) is 0 Å². The zero-order valence-electron chi connectivity index (χ0n) is 14.5. The number of anilines is 1. The summed E-state index contributed by atoms with van der Waals surface area (Å²) in [6.07, 6.45) is -0.768. The number of ether oxygens (including phenoxy) is 1. The lowest BCUT2D eigenvalue weighted by Crippen LogP contribution is -2.30. The molecule has 0 saturated heterocycles. The SMILES string of the molecule is CC(Oc1cccc(Cl)c1Cl)C(=O)Nc1ccc(SC(=O)N(C)C)cc1. The summed E-state index contributed by atoms with van der Waals surface area (Å²) in [6, 6.07) is 12.0. The minimum absolute atomic E-state index is 0.0674. The minimum atomic E-state index is -0.768. The fourth-order valence-electron chi connectivity index (χ4n) is 1.86. The quantitative estimate of drug-likeness (QED) is 0.687. The monoisotopic (exact) mass is 412 g/mol. The second-order valence-electron chi connectivity index (χ2n) is 5.59. The van der Waals surface area contributed by atoms with Gasteiger partial charge in [-0.1, -0.05) is 29.3 Å². The molecule has 0 fully saturated rings. The van der Waals surface area contributed by atoms with Crippen molar-refractivity contribution >= 4 is 51.8 Å². The Morgan fingerprint density at radius 3 is 2.38 bits per heavy atom. The fraction of sp³-hybridized carbons (Fsp3) is 0.222. The molecule has 1 unspecified atom stereocenters. The van der Waals surface area contributed by atoms with Crippen molar-refractivity contribution in [1.82, 2.24) is 4.90 Å². The molecule has 138 valence electrons. The van der Waals surface area contributed by atoms with Gasteiger partial charge in [0, 0.05) is 24.7 Å². The Morgan fingerprint density at radius 1 is 1.12 bits per heavy atom. The van der Waals surface area contributed by atoms with Gasteiger partial charge in [-0.3, -0.25) is 9.59 Å². The molecule has 2 amide bonds. The molecular formula is C18H18Cl2N2O3S. The van der Waals surface area contributed by atoms with Crippen molar-refractivity contribution in [3.63, 3.8) is 0 Å². The van der Waals surface area contributed by atoms with Crippen LogP contribution in [0.2, 0.25) is 10.0 Å². The number of carbonyl (C=O) groups excluding carboxylic acids is 2. The lowest BCUT2D eigenvalue weighted by Gasteiger charge is -2.16. The third-order valence-corrected chi connectivity index (χ3v) is 5.13. The van der Waals surface area contributed by atoms with Crippen molar-refractivity contribution < 1.29 is 14.3 Å². The van der Waals surface area contributed by atoms with Crippen LogP contribution in [-0.4, -0.2) is 36.2 Å². The predicted molar refractivity (Wildman–Crippen MR) is 107 cm³/mol. The molecule has 0 aliphatic carbocycles. The number of carbonyl (C=O) groups is 2. The zero-order valence-corrected chi connectivity index (χ0v) is 16.8. The predicted octanol–water partition coefficient (Wildman–Crippen LogP) is 5.17. The second-order valence-corrected chi connectivity index (χ2v) is 7.40. The summed E-state index contributed by atoms with van der Waals surface area (Å²) in [6.45, 7) is 1.62. The fourth-order valence-corrected chi connectivity index (χ4v) is 2.85. The van der Waals surface area contributed by atoms with Crippen LogP contribution < -0.4 is 10.1 Å². The molecule has 2 aromatic carbocycles. The maximum absolute atomic E-state index is 12.3. The van der Waals surface area contributed by atoms with Gasteiger partial charge in [0.1, 0.15) is 10.8 Å². The van der Waals surface area contributed by atoms with E-state index < -0.39 is 6.10 Å². The maximum Gasteiger partial charge on any atom is 0.285 e. The van der Waals surface area contributed by atoms with Crippen LogP contribution in [0, 0.1) is 0 Å². The number of hydrogen-bond acceptors (Lipinski definition) is 4. The molecule has 26 heavy (non-hydrogen) atoms. The number of amides is 2. The van der Waals surface area contributed by atoms with Crippen molar-refractivity contribution in [2.45, 2.75) is 17.9 Å². The van der Waals surface area contributed by atoms with Gasteiger partial charge in [0.25, 0.3) is 11.1 Å². The number of benzene rings is 2. The van der Waals surface area contributed by atoms with Gasteiger partial charge in [-0.05, 0) is 55.1 Å². The van der Waals surface area contributed by atoms with Gasteiger partial charge >= 0.3 is 0 Å². The smallest absolute Gasteiger partial charge is 0.285 e. The Hall–Kier alpha value is -1.89. The van der Waals surface area contributed by atoms with Gasteiger partial charge < -0.3 is 15.0 Å². The number of hydrogen-bond donors (Lipinski definition) is 1. The molecule has 2 aromatic rings. The van der Waals surface area contributed by atoms with E-state index in [1.54, 1.807) is 63.5 Å². The molecule has 0 radical (unpaired) electrons. The van der Waals surface area contributed by atoms with Gasteiger partial charge in [-0.15, -0.1) is 0 Å². The lowest BCUT2D eigenvalue weighted by molar-refractivity contribution is -0.122. The first kappa shape index (κ1) is 20.4. The van der Waals surface area contributed by atoms with Crippen LogP contribution in [0.1, 0.15) is 6.92 Å². The van der Waals surface area contributed by atoms with Crippen LogP contribution >= 0.6 is 35.0 Å². The Morgan fingerprint density at radius 2 is 1.77 bits per heavy atom. The molecule has 2 rings (SSSR count). The highest BCUT2D eigenvalue weighted by atomic mass is 35.5. The molecule has 0 aromatic heterocycles. The summed E-state index contributed by atoms with van der Waals surface area (Å²) in [5.74, 6) is 0.0153. The van der Waals surface area contributed by atoms with Gasteiger partial charge in [-0.2, -0.15) is 0 Å². The number of nitrogens with zero attached hydrogens (tertiary/aromatic N) is 1. The second kappa shape index (κ2) is 9.16. The number of rotatable bonds is 5. The first-order chi connectivity index (χ1) is 12.3. The Balaban J connectivity index is 1.96. The summed E-state index contributed by atoms with van der Waals surface area (Å²) in [4.78, 5) is 26.2. The van der Waals surface area contributed by atoms with E-state index in [4.69, 9.17) is 27.9 Å². The third kappa shape index (κ3) is 5.56. The average Bonchev–Trinajstić information content (AvgIpc) is 2.60. The van der Waals surface area contributed by atoms with Crippen LogP contribution in [0.4, 0.5) is 10.5 Å². The number of halogens is 2. The van der Waals surface area contributed by atoms with Crippen LogP contribution in [0.15, 0.2) is 47.4 Å². The van der Waals surface area contributed by atoms with E-state index in [0.29, 0.717) is 16.5 Å². The first-order valence-corrected chi connectivity index (χ1v) is 9.26. The largest absolute Gasteiger partial charge is 0.479 e. The van der Waals surface area contributed by atoms with Crippen molar-refractivity contribution in [2.75, 3.05) is 19.4 Å². The lowest BCUT2D eigenvalue weighted by atomic mass is 10.3. The van der Waals surface area contributed by atoms with Crippen molar-refractivity contribution in [1.29, 1.82) is 0 Å². The molecule has 1 N–H and O–H groups in total. The Kier molecular flexibility index (Phi) is 7.20. The highest BCUT2D eigenvalue weighted by Crippen LogP contribution is 2.32. The summed E-state index contributed by atoms with van der Waals surface area (Å²) in [5, 5.41) is 3.31. The molecule has 0 spiro atoms. The van der Waals surface area contributed by atoms with Gasteiger partial charge in [-0.25, -0.2) is 0 Å². The van der Waals surface area contributed by atoms with E-state index in [-0.39, 0.29) is 16.2 Å². The minimum Gasteiger partial charge on any atom is -0.479 e. The van der Waals surface area contributed by atoms with E-state index in [0.717, 1.165) is 16.7 Å². The Bertz CT molecular complexity index is 798. The Labute approximate surface area is 166 Å². The molecule has 0 aliphatic rings. The third-order valence-electron chi connectivity index (χ3n) is 3.28. The van der Waals surface area contributed by atoms with Crippen molar-refractivity contribution in [3.05, 3.63) is 52.5 Å². The van der Waals surface area contributed by atoms with E-state index in [2.05, 4.69) is 5.32 Å². The summed E-state index contributed by atoms with van der Waals surface area (Å²) in [7, 11) is 3.38. The van der Waals surface area contributed by atoms with Gasteiger partial charge in [0.05, 0.1) is 5.02 Å². The molecule has 0 aliphatic heterocycles. The molecule has 0 saturated carbocycles. The average molecular weight is 413 g/mol. The summed E-state index contributed by atoms with van der Waals surface area (Å²) in [5.41, 5.74) is 0.601. The van der Waals surface area contributed by atoms with Crippen molar-refractivity contribution in [2.24, 2.45) is 0 Å². The van der Waals surface area contributed by atoms with Gasteiger partial charge in [0.15, 0.2) is 6.10 Å². The molecule has 1 atom stereocenters.